The lowest BCUT2D eigenvalue weighted by atomic mass is 9.95. The smallest absolute Gasteiger partial charge is 0.372 e. The third-order valence-electron chi connectivity index (χ3n) is 6.48. The number of piperidine rings is 2. The summed E-state index contributed by atoms with van der Waals surface area (Å²) in [5.74, 6) is -4.03. The first kappa shape index (κ1) is 24.6. The zero-order chi connectivity index (χ0) is 25.0. The summed E-state index contributed by atoms with van der Waals surface area (Å²) in [6.45, 7) is 1.32. The van der Waals surface area contributed by atoms with Crippen LogP contribution in [0.1, 0.15) is 24.8 Å². The highest BCUT2D eigenvalue weighted by molar-refractivity contribution is 6.41. The van der Waals surface area contributed by atoms with Crippen LogP contribution in [-0.2, 0) is 20.9 Å². The number of alkyl halides is 3. The molecule has 2 amide bonds. The highest BCUT2D eigenvalue weighted by Crippen LogP contribution is 2.35. The molecule has 2 heterocycles. The quantitative estimate of drug-likeness (QED) is 0.428. The van der Waals surface area contributed by atoms with E-state index in [-0.39, 0.29) is 19.4 Å². The summed E-state index contributed by atoms with van der Waals surface area (Å²) in [6.07, 6.45) is -3.59. The average molecular weight is 489 g/mol. The van der Waals surface area contributed by atoms with E-state index in [1.165, 1.54) is 0 Å². The van der Waals surface area contributed by atoms with Gasteiger partial charge in [0.2, 0.25) is 11.7 Å². The van der Waals surface area contributed by atoms with Crippen molar-refractivity contribution in [3.05, 3.63) is 54.1 Å². The third-order valence-corrected chi connectivity index (χ3v) is 6.48. The fraction of sp³-hybridized carbons (Fsp3) is 0.400. The summed E-state index contributed by atoms with van der Waals surface area (Å²) in [5, 5.41) is 8.41. The number of hydrogen-bond donors (Lipinski definition) is 3. The zero-order valence-corrected chi connectivity index (χ0v) is 19.0. The number of carbonyl (C=O) groups excluding carboxylic acids is 3. The van der Waals surface area contributed by atoms with Gasteiger partial charge in [-0.15, -0.1) is 0 Å². The highest BCUT2D eigenvalue weighted by Gasteiger charge is 2.41. The van der Waals surface area contributed by atoms with Crippen LogP contribution in [0.4, 0.5) is 30.2 Å². The molecule has 2 aliphatic rings. The predicted octanol–water partition coefficient (Wildman–Crippen LogP) is 3.53. The number of nitrogens with one attached hydrogen (secondary N) is 3. The van der Waals surface area contributed by atoms with Gasteiger partial charge in [0.05, 0.1) is 5.92 Å². The Labute approximate surface area is 201 Å². The van der Waals surface area contributed by atoms with Gasteiger partial charge in [-0.25, -0.2) is 0 Å². The molecule has 0 radical (unpaired) electrons. The number of benzene rings is 2. The van der Waals surface area contributed by atoms with Gasteiger partial charge in [-0.3, -0.25) is 14.4 Å². The molecule has 2 saturated heterocycles. The number of Topliss-reactive ketones (excluding diaryl/α,β-unsaturated/α-hetero) is 1. The maximum absolute atomic E-state index is 12.9. The van der Waals surface area contributed by atoms with Gasteiger partial charge in [0.1, 0.15) is 5.92 Å². The molecule has 0 aliphatic carbocycles. The highest BCUT2D eigenvalue weighted by atomic mass is 19.4. The molecule has 3 N–H and O–H groups in total. The molecule has 2 aromatic rings. The van der Waals surface area contributed by atoms with Gasteiger partial charge in [0, 0.05) is 43.2 Å². The van der Waals surface area contributed by atoms with Gasteiger partial charge in [-0.05, 0) is 61.2 Å². The molecule has 7 nitrogen and oxygen atoms in total. The van der Waals surface area contributed by atoms with E-state index in [1.54, 1.807) is 0 Å². The van der Waals surface area contributed by atoms with Crippen LogP contribution < -0.4 is 20.9 Å². The Balaban J connectivity index is 1.26. The van der Waals surface area contributed by atoms with E-state index in [9.17, 15) is 27.6 Å². The average Bonchev–Trinajstić information content (AvgIpc) is 2.85. The van der Waals surface area contributed by atoms with Crippen LogP contribution in [0.15, 0.2) is 48.5 Å². The zero-order valence-electron chi connectivity index (χ0n) is 19.0. The van der Waals surface area contributed by atoms with Crippen molar-refractivity contribution in [3.8, 4) is 0 Å². The molecule has 1 atom stereocenters. The van der Waals surface area contributed by atoms with Crippen molar-refractivity contribution in [3.63, 3.8) is 0 Å². The van der Waals surface area contributed by atoms with Crippen LogP contribution in [0, 0.1) is 11.8 Å². The minimum atomic E-state index is -4.12. The topological polar surface area (TPSA) is 90.5 Å². The number of halogens is 3. The number of carbonyl (C=O) groups is 3. The number of anilines is 3. The molecular formula is C25H27F3N4O3. The third kappa shape index (κ3) is 6.12. The second-order valence-electron chi connectivity index (χ2n) is 8.85. The van der Waals surface area contributed by atoms with Gasteiger partial charge in [-0.1, -0.05) is 12.1 Å². The fourth-order valence-corrected chi connectivity index (χ4v) is 4.36. The second kappa shape index (κ2) is 10.4. The lowest BCUT2D eigenvalue weighted by Crippen LogP contribution is -2.48. The second-order valence-corrected chi connectivity index (χ2v) is 8.85. The van der Waals surface area contributed by atoms with Crippen LogP contribution in [-0.4, -0.2) is 43.4 Å². The van der Waals surface area contributed by atoms with E-state index in [1.807, 2.05) is 53.4 Å². The van der Waals surface area contributed by atoms with Crippen LogP contribution in [0.2, 0.25) is 0 Å². The molecule has 0 aromatic heterocycles. The van der Waals surface area contributed by atoms with E-state index in [0.29, 0.717) is 26.1 Å². The number of amides is 2. The first-order chi connectivity index (χ1) is 16.7. The Morgan fingerprint density at radius 1 is 0.943 bits per heavy atom. The predicted molar refractivity (Wildman–Crippen MR) is 125 cm³/mol. The summed E-state index contributed by atoms with van der Waals surface area (Å²) in [7, 11) is 0. The molecule has 35 heavy (non-hydrogen) atoms. The standard InChI is InChI=1S/C25H27F3N4O3/c26-25(27,28)17-10-13-32(14-11-17)20-7-5-19(6-8-20)31-18-3-1-16(2-4-18)15-30-23(34)21-9-12-29-24(35)22(21)33/h1-8,17,21,31H,9-15H2,(H,29,35)(H,30,34). The molecule has 4 rings (SSSR count). The summed E-state index contributed by atoms with van der Waals surface area (Å²) in [4.78, 5) is 37.5. The largest absolute Gasteiger partial charge is 0.391 e. The van der Waals surface area contributed by atoms with Crippen molar-refractivity contribution in [1.82, 2.24) is 10.6 Å². The molecule has 10 heteroatoms. The van der Waals surface area contributed by atoms with Crippen molar-refractivity contribution >= 4 is 34.7 Å². The number of rotatable bonds is 6. The Kier molecular flexibility index (Phi) is 7.28. The Bertz CT molecular complexity index is 1060. The summed E-state index contributed by atoms with van der Waals surface area (Å²) in [6, 6.07) is 15.0. The van der Waals surface area contributed by atoms with Gasteiger partial charge in [0.25, 0.3) is 5.91 Å². The summed E-state index contributed by atoms with van der Waals surface area (Å²) < 4.78 is 38.6. The number of nitrogens with zero attached hydrogens (tertiary/aromatic N) is 1. The number of ketones is 1. The molecule has 0 spiro atoms. The first-order valence-corrected chi connectivity index (χ1v) is 11.6. The fourth-order valence-electron chi connectivity index (χ4n) is 4.36. The summed E-state index contributed by atoms with van der Waals surface area (Å²) >= 11 is 0. The monoisotopic (exact) mass is 488 g/mol. The van der Waals surface area contributed by atoms with E-state index in [4.69, 9.17) is 0 Å². The SMILES string of the molecule is O=C1NCCC(C(=O)NCc2ccc(Nc3ccc(N4CCC(C(F)(F)F)CC4)cc3)cc2)C1=O. The van der Waals surface area contributed by atoms with Crippen molar-refractivity contribution in [1.29, 1.82) is 0 Å². The van der Waals surface area contributed by atoms with Crippen molar-refractivity contribution in [2.75, 3.05) is 29.9 Å². The molecule has 2 aliphatic heterocycles. The van der Waals surface area contributed by atoms with Crippen LogP contribution >= 0.6 is 0 Å². The van der Waals surface area contributed by atoms with Crippen LogP contribution in [0.25, 0.3) is 0 Å². The van der Waals surface area contributed by atoms with Crippen molar-refractivity contribution < 1.29 is 27.6 Å². The van der Waals surface area contributed by atoms with E-state index < -0.39 is 35.6 Å². The number of hydrogen-bond acceptors (Lipinski definition) is 5. The lowest BCUT2D eigenvalue weighted by Gasteiger charge is -2.34. The normalized spacial score (nSPS) is 19.3. The van der Waals surface area contributed by atoms with E-state index in [2.05, 4.69) is 16.0 Å². The van der Waals surface area contributed by atoms with Gasteiger partial charge in [0.15, 0.2) is 0 Å². The van der Waals surface area contributed by atoms with E-state index >= 15 is 0 Å². The molecule has 2 fully saturated rings. The van der Waals surface area contributed by atoms with E-state index in [0.717, 1.165) is 22.6 Å². The molecule has 1 unspecified atom stereocenters. The van der Waals surface area contributed by atoms with Crippen LogP contribution in [0.5, 0.6) is 0 Å². The maximum Gasteiger partial charge on any atom is 0.391 e. The molecular weight excluding hydrogens is 461 g/mol. The Morgan fingerprint density at radius 2 is 1.54 bits per heavy atom. The lowest BCUT2D eigenvalue weighted by molar-refractivity contribution is -0.179. The minimum Gasteiger partial charge on any atom is -0.372 e. The molecule has 2 aromatic carbocycles. The Morgan fingerprint density at radius 3 is 2.14 bits per heavy atom. The van der Waals surface area contributed by atoms with Gasteiger partial charge >= 0.3 is 6.18 Å². The maximum atomic E-state index is 12.9. The van der Waals surface area contributed by atoms with Gasteiger partial charge in [-0.2, -0.15) is 13.2 Å². The molecule has 186 valence electrons. The summed E-state index contributed by atoms with van der Waals surface area (Å²) in [5.41, 5.74) is 3.41. The molecule has 0 saturated carbocycles. The first-order valence-electron chi connectivity index (χ1n) is 11.6. The van der Waals surface area contributed by atoms with Crippen molar-refractivity contribution in [2.45, 2.75) is 32.0 Å². The minimum absolute atomic E-state index is 0.114. The van der Waals surface area contributed by atoms with Gasteiger partial charge < -0.3 is 20.9 Å². The van der Waals surface area contributed by atoms with Crippen LogP contribution in [0.3, 0.4) is 0 Å². The van der Waals surface area contributed by atoms with Crippen molar-refractivity contribution in [2.24, 2.45) is 11.8 Å². The molecule has 0 bridgehead atoms. The Hall–Kier alpha value is -3.56.